The third-order valence-corrected chi connectivity index (χ3v) is 4.19. The molecule has 106 valence electrons. The molecule has 0 saturated carbocycles. The van der Waals surface area contributed by atoms with Crippen molar-refractivity contribution in [2.24, 2.45) is 0 Å². The molecule has 0 N–H and O–H groups in total. The lowest BCUT2D eigenvalue weighted by Gasteiger charge is -2.32. The molecule has 1 aliphatic carbocycles. The predicted octanol–water partition coefficient (Wildman–Crippen LogP) is 3.04. The molecule has 4 heteroatoms. The molecule has 0 bridgehead atoms. The number of alkyl halides is 1. The highest BCUT2D eigenvalue weighted by Crippen LogP contribution is 2.33. The fraction of sp³-hybridized carbons (Fsp3) is 0.375. The number of hydroxylamine groups is 2. The molecule has 0 radical (unpaired) electrons. The number of rotatable bonds is 1. The van der Waals surface area contributed by atoms with Crippen molar-refractivity contribution in [2.75, 3.05) is 6.54 Å². The number of halogens is 2. The average Bonchev–Trinajstić information content (AvgIpc) is 2.33. The third-order valence-electron chi connectivity index (χ3n) is 3.28. The molecule has 1 unspecified atom stereocenters. The fourth-order valence-electron chi connectivity index (χ4n) is 2.64. The summed E-state index contributed by atoms with van der Waals surface area (Å²) in [6.07, 6.45) is 4.00. The molecule has 3 rings (SSSR count). The van der Waals surface area contributed by atoms with Gasteiger partial charge in [-0.3, -0.25) is 9.90 Å². The standard InChI is InChI=1S/C16H17Cl2NO/c1-16(2,3)20-19-8-10-5-4-6-12-14(10)11(9-19)7-13(17)15(12)18/h4-8,15H,9H2,1-3H3. The van der Waals surface area contributed by atoms with Crippen LogP contribution in [0.1, 0.15) is 31.7 Å². The molecule has 1 aliphatic heterocycles. The zero-order valence-corrected chi connectivity index (χ0v) is 13.3. The zero-order chi connectivity index (χ0) is 14.5. The SMILES string of the molecule is CC(C)(C)ON1C=c2cccc3c2=C(C=C(Cl)C3Cl)C1. The van der Waals surface area contributed by atoms with E-state index in [0.717, 1.165) is 16.4 Å². The lowest BCUT2D eigenvalue weighted by Crippen LogP contribution is -2.44. The Kier molecular flexibility index (Phi) is 3.36. The summed E-state index contributed by atoms with van der Waals surface area (Å²) in [5.41, 5.74) is 2.01. The largest absolute Gasteiger partial charge is 0.268 e. The van der Waals surface area contributed by atoms with Gasteiger partial charge in [-0.2, -0.15) is 0 Å². The summed E-state index contributed by atoms with van der Waals surface area (Å²) in [5, 5.41) is 4.61. The second kappa shape index (κ2) is 4.80. The van der Waals surface area contributed by atoms with Gasteiger partial charge in [0.25, 0.3) is 0 Å². The van der Waals surface area contributed by atoms with Crippen LogP contribution < -0.4 is 10.4 Å². The van der Waals surface area contributed by atoms with E-state index in [0.29, 0.717) is 11.6 Å². The molecule has 0 amide bonds. The first-order valence-electron chi connectivity index (χ1n) is 6.66. The van der Waals surface area contributed by atoms with Gasteiger partial charge in [0.2, 0.25) is 0 Å². The van der Waals surface area contributed by atoms with Crippen LogP contribution in [0.25, 0.3) is 11.8 Å². The van der Waals surface area contributed by atoms with Gasteiger partial charge < -0.3 is 0 Å². The molecule has 0 fully saturated rings. The van der Waals surface area contributed by atoms with Crippen molar-refractivity contribution < 1.29 is 4.84 Å². The van der Waals surface area contributed by atoms with Crippen molar-refractivity contribution in [2.45, 2.75) is 31.7 Å². The van der Waals surface area contributed by atoms with Gasteiger partial charge in [-0.05, 0) is 43.2 Å². The smallest absolute Gasteiger partial charge is 0.0947 e. The quantitative estimate of drug-likeness (QED) is 0.739. The Morgan fingerprint density at radius 1 is 1.30 bits per heavy atom. The lowest BCUT2D eigenvalue weighted by atomic mass is 9.95. The Balaban J connectivity index is 2.15. The van der Waals surface area contributed by atoms with E-state index in [2.05, 4.69) is 6.07 Å². The van der Waals surface area contributed by atoms with Gasteiger partial charge >= 0.3 is 0 Å². The van der Waals surface area contributed by atoms with Crippen LogP contribution >= 0.6 is 23.2 Å². The van der Waals surface area contributed by atoms with Crippen molar-refractivity contribution in [3.8, 4) is 0 Å². The molecule has 0 aromatic heterocycles. The summed E-state index contributed by atoms with van der Waals surface area (Å²) in [7, 11) is 0. The normalized spacial score (nSPS) is 21.2. The first-order valence-corrected chi connectivity index (χ1v) is 7.47. The molecular formula is C16H17Cl2NO. The molecule has 1 aromatic carbocycles. The minimum Gasteiger partial charge on any atom is -0.268 e. The molecule has 2 aliphatic rings. The summed E-state index contributed by atoms with van der Waals surface area (Å²) < 4.78 is 0. The highest BCUT2D eigenvalue weighted by atomic mass is 35.5. The number of nitrogens with zero attached hydrogens (tertiary/aromatic N) is 1. The molecule has 1 heterocycles. The zero-order valence-electron chi connectivity index (χ0n) is 11.8. The minimum absolute atomic E-state index is 0.233. The van der Waals surface area contributed by atoms with Crippen molar-refractivity contribution in [1.82, 2.24) is 5.06 Å². The van der Waals surface area contributed by atoms with Gasteiger partial charge in [-0.25, -0.2) is 0 Å². The van der Waals surface area contributed by atoms with Crippen LogP contribution in [-0.4, -0.2) is 17.2 Å². The number of benzene rings is 1. The summed E-state index contributed by atoms with van der Waals surface area (Å²) in [4.78, 5) is 5.95. The molecule has 2 nitrogen and oxygen atoms in total. The molecule has 1 atom stereocenters. The van der Waals surface area contributed by atoms with E-state index in [4.69, 9.17) is 28.0 Å². The van der Waals surface area contributed by atoms with Crippen molar-refractivity contribution in [1.29, 1.82) is 0 Å². The van der Waals surface area contributed by atoms with Crippen LogP contribution in [-0.2, 0) is 4.84 Å². The van der Waals surface area contributed by atoms with Crippen molar-refractivity contribution in [3.05, 3.63) is 45.3 Å². The van der Waals surface area contributed by atoms with Gasteiger partial charge in [0.15, 0.2) is 0 Å². The van der Waals surface area contributed by atoms with Crippen LogP contribution in [0.15, 0.2) is 29.3 Å². The minimum atomic E-state index is -0.251. The lowest BCUT2D eigenvalue weighted by molar-refractivity contribution is -0.179. The van der Waals surface area contributed by atoms with E-state index in [9.17, 15) is 0 Å². The number of allylic oxidation sites excluding steroid dienone is 1. The monoisotopic (exact) mass is 309 g/mol. The van der Waals surface area contributed by atoms with E-state index >= 15 is 0 Å². The Hall–Kier alpha value is -0.960. The van der Waals surface area contributed by atoms with Gasteiger partial charge in [0, 0.05) is 16.5 Å². The maximum absolute atomic E-state index is 6.39. The summed E-state index contributed by atoms with van der Waals surface area (Å²) in [6, 6.07) is 6.13. The molecule has 1 aromatic rings. The van der Waals surface area contributed by atoms with Crippen LogP contribution in [0.3, 0.4) is 0 Å². The Labute approximate surface area is 128 Å². The van der Waals surface area contributed by atoms with E-state index in [1.165, 1.54) is 5.22 Å². The van der Waals surface area contributed by atoms with E-state index < -0.39 is 0 Å². The highest BCUT2D eigenvalue weighted by Gasteiger charge is 2.25. The maximum Gasteiger partial charge on any atom is 0.0947 e. The van der Waals surface area contributed by atoms with Crippen LogP contribution in [0.2, 0.25) is 0 Å². The second-order valence-electron chi connectivity index (χ2n) is 6.14. The fourth-order valence-corrected chi connectivity index (χ4v) is 3.14. The Morgan fingerprint density at radius 3 is 2.75 bits per heavy atom. The average molecular weight is 310 g/mol. The van der Waals surface area contributed by atoms with E-state index in [1.54, 1.807) is 0 Å². The van der Waals surface area contributed by atoms with Crippen molar-refractivity contribution in [3.63, 3.8) is 0 Å². The predicted molar refractivity (Wildman–Crippen MR) is 83.6 cm³/mol. The van der Waals surface area contributed by atoms with Gasteiger partial charge in [-0.1, -0.05) is 29.8 Å². The second-order valence-corrected chi connectivity index (χ2v) is 7.01. The van der Waals surface area contributed by atoms with Gasteiger partial charge in [0.1, 0.15) is 0 Å². The Morgan fingerprint density at radius 2 is 2.05 bits per heavy atom. The summed E-state index contributed by atoms with van der Waals surface area (Å²) >= 11 is 12.7. The maximum atomic E-state index is 6.39. The van der Waals surface area contributed by atoms with Gasteiger partial charge in [0.05, 0.1) is 17.5 Å². The number of hydrogen-bond acceptors (Lipinski definition) is 2. The Bertz CT molecular complexity index is 700. The van der Waals surface area contributed by atoms with Crippen LogP contribution in [0.4, 0.5) is 0 Å². The first kappa shape index (κ1) is 14.0. The number of hydrogen-bond donors (Lipinski definition) is 0. The van der Waals surface area contributed by atoms with Crippen LogP contribution in [0.5, 0.6) is 0 Å². The van der Waals surface area contributed by atoms with Crippen molar-refractivity contribution >= 4 is 35.0 Å². The molecule has 20 heavy (non-hydrogen) atoms. The van der Waals surface area contributed by atoms with Crippen LogP contribution in [0, 0.1) is 0 Å². The first-order chi connectivity index (χ1) is 9.35. The topological polar surface area (TPSA) is 12.5 Å². The third kappa shape index (κ3) is 2.48. The van der Waals surface area contributed by atoms with Gasteiger partial charge in [-0.15, -0.1) is 11.6 Å². The van der Waals surface area contributed by atoms with E-state index in [-0.39, 0.29) is 11.0 Å². The molecular weight excluding hydrogens is 293 g/mol. The molecule has 0 spiro atoms. The van der Waals surface area contributed by atoms with E-state index in [1.807, 2.05) is 50.2 Å². The highest BCUT2D eigenvalue weighted by molar-refractivity contribution is 6.38. The summed E-state index contributed by atoms with van der Waals surface area (Å²) in [5.74, 6) is 0. The summed E-state index contributed by atoms with van der Waals surface area (Å²) in [6.45, 7) is 6.79. The molecule has 0 saturated heterocycles.